The summed E-state index contributed by atoms with van der Waals surface area (Å²) in [5.41, 5.74) is 3.11. The van der Waals surface area contributed by atoms with Gasteiger partial charge in [-0.3, -0.25) is 4.68 Å². The van der Waals surface area contributed by atoms with Crippen molar-refractivity contribution in [2.24, 2.45) is 7.05 Å². The number of nitrogens with one attached hydrogen (secondary N) is 1. The molecular weight excluding hydrogens is 283 g/mol. The van der Waals surface area contributed by atoms with E-state index in [0.29, 0.717) is 23.9 Å². The van der Waals surface area contributed by atoms with Crippen molar-refractivity contribution in [2.75, 3.05) is 18.0 Å². The molecule has 2 aliphatic heterocycles. The van der Waals surface area contributed by atoms with Crippen molar-refractivity contribution >= 4 is 5.95 Å². The van der Waals surface area contributed by atoms with Crippen molar-refractivity contribution in [3.63, 3.8) is 0 Å². The Morgan fingerprint density at radius 2 is 1.95 bits per heavy atom. The van der Waals surface area contributed by atoms with Gasteiger partial charge in [-0.1, -0.05) is 0 Å². The number of aromatic nitrogens is 4. The van der Waals surface area contributed by atoms with Crippen LogP contribution in [0, 0.1) is 5.82 Å². The molecule has 6 nitrogen and oxygen atoms in total. The van der Waals surface area contributed by atoms with Crippen molar-refractivity contribution in [3.8, 4) is 11.4 Å². The van der Waals surface area contributed by atoms with Crippen LogP contribution in [0.4, 0.5) is 10.3 Å². The Balaban J connectivity index is 1.76. The van der Waals surface area contributed by atoms with Crippen LogP contribution in [-0.2, 0) is 20.1 Å². The molecular formula is C15H19FN6. The fraction of sp³-hybridized carbons (Fsp3) is 0.533. The van der Waals surface area contributed by atoms with Crippen LogP contribution in [0.1, 0.15) is 30.5 Å². The number of piperidine rings is 1. The van der Waals surface area contributed by atoms with Crippen LogP contribution in [0.3, 0.4) is 0 Å². The van der Waals surface area contributed by atoms with Gasteiger partial charge in [0.2, 0.25) is 5.95 Å². The Morgan fingerprint density at radius 3 is 2.77 bits per heavy atom. The zero-order valence-corrected chi connectivity index (χ0v) is 12.6. The van der Waals surface area contributed by atoms with E-state index in [2.05, 4.69) is 25.3 Å². The molecule has 2 aliphatic rings. The molecule has 1 N–H and O–H groups in total. The van der Waals surface area contributed by atoms with Gasteiger partial charge in [-0.25, -0.2) is 14.4 Å². The molecule has 2 aromatic rings. The van der Waals surface area contributed by atoms with Crippen LogP contribution < -0.4 is 10.2 Å². The molecule has 0 saturated carbocycles. The van der Waals surface area contributed by atoms with E-state index in [1.807, 2.05) is 11.7 Å². The molecule has 7 heteroatoms. The molecule has 0 amide bonds. The maximum absolute atomic E-state index is 14.3. The fourth-order valence-electron chi connectivity index (χ4n) is 3.28. The predicted octanol–water partition coefficient (Wildman–Crippen LogP) is 1.61. The number of rotatable bonds is 2. The zero-order valence-electron chi connectivity index (χ0n) is 12.6. The van der Waals surface area contributed by atoms with Crippen LogP contribution in [0.2, 0.25) is 0 Å². The van der Waals surface area contributed by atoms with Gasteiger partial charge in [0.15, 0.2) is 5.82 Å². The van der Waals surface area contributed by atoms with Gasteiger partial charge in [-0.2, -0.15) is 5.10 Å². The highest BCUT2D eigenvalue weighted by atomic mass is 19.1. The third-order valence-electron chi connectivity index (χ3n) is 4.46. The van der Waals surface area contributed by atoms with Crippen LogP contribution in [-0.4, -0.2) is 32.8 Å². The van der Waals surface area contributed by atoms with Crippen LogP contribution in [0.25, 0.3) is 11.4 Å². The summed E-state index contributed by atoms with van der Waals surface area (Å²) in [5.74, 6) is 0.204. The highest BCUT2D eigenvalue weighted by molar-refractivity contribution is 5.62. The largest absolute Gasteiger partial charge is 0.341 e. The Hall–Kier alpha value is -2.02. The van der Waals surface area contributed by atoms with Gasteiger partial charge in [-0.05, 0) is 19.3 Å². The standard InChI is InChI=1S/C15H19FN6/c1-21-12-9-17-7-10(12)13(20-21)14-11(16)8-18-15(19-14)22-5-3-2-4-6-22/h8,17H,2-7,9H2,1H3. The second-order valence-electron chi connectivity index (χ2n) is 5.92. The molecule has 1 fully saturated rings. The average molecular weight is 302 g/mol. The zero-order chi connectivity index (χ0) is 15.1. The molecule has 4 rings (SSSR count). The smallest absolute Gasteiger partial charge is 0.226 e. The number of hydrogen-bond acceptors (Lipinski definition) is 5. The second kappa shape index (κ2) is 5.31. The summed E-state index contributed by atoms with van der Waals surface area (Å²) in [5, 5.41) is 7.76. The second-order valence-corrected chi connectivity index (χ2v) is 5.92. The van der Waals surface area contributed by atoms with E-state index in [-0.39, 0.29) is 0 Å². The number of nitrogens with zero attached hydrogens (tertiary/aromatic N) is 5. The van der Waals surface area contributed by atoms with Crippen molar-refractivity contribution < 1.29 is 4.39 Å². The van der Waals surface area contributed by atoms with Gasteiger partial charge in [0, 0.05) is 38.8 Å². The van der Waals surface area contributed by atoms with Crippen molar-refractivity contribution in [3.05, 3.63) is 23.3 Å². The Morgan fingerprint density at radius 1 is 1.14 bits per heavy atom. The Kier molecular flexibility index (Phi) is 3.29. The lowest BCUT2D eigenvalue weighted by atomic mass is 10.1. The fourth-order valence-corrected chi connectivity index (χ4v) is 3.28. The molecule has 0 spiro atoms. The minimum Gasteiger partial charge on any atom is -0.341 e. The van der Waals surface area contributed by atoms with Crippen molar-refractivity contribution in [1.29, 1.82) is 0 Å². The summed E-state index contributed by atoms with van der Waals surface area (Å²) >= 11 is 0. The summed E-state index contributed by atoms with van der Waals surface area (Å²) in [7, 11) is 1.89. The first kappa shape index (κ1) is 13.6. The highest BCUT2D eigenvalue weighted by Gasteiger charge is 2.25. The summed E-state index contributed by atoms with van der Waals surface area (Å²) in [4.78, 5) is 10.8. The molecule has 0 atom stereocenters. The molecule has 4 heterocycles. The topological polar surface area (TPSA) is 58.9 Å². The molecule has 0 aliphatic carbocycles. The molecule has 1 saturated heterocycles. The number of halogens is 1. The quantitative estimate of drug-likeness (QED) is 0.913. The molecule has 116 valence electrons. The van der Waals surface area contributed by atoms with E-state index in [4.69, 9.17) is 0 Å². The summed E-state index contributed by atoms with van der Waals surface area (Å²) < 4.78 is 16.1. The van der Waals surface area contributed by atoms with E-state index in [0.717, 1.165) is 43.7 Å². The first-order chi connectivity index (χ1) is 10.7. The number of hydrogen-bond donors (Lipinski definition) is 1. The van der Waals surface area contributed by atoms with Gasteiger partial charge < -0.3 is 10.2 Å². The summed E-state index contributed by atoms with van der Waals surface area (Å²) in [6, 6.07) is 0. The van der Waals surface area contributed by atoms with Crippen molar-refractivity contribution in [1.82, 2.24) is 25.1 Å². The van der Waals surface area contributed by atoms with Crippen molar-refractivity contribution in [2.45, 2.75) is 32.4 Å². The highest BCUT2D eigenvalue weighted by Crippen LogP contribution is 2.29. The lowest BCUT2D eigenvalue weighted by molar-refractivity contribution is 0.562. The van der Waals surface area contributed by atoms with Gasteiger partial charge in [0.1, 0.15) is 11.4 Å². The van der Waals surface area contributed by atoms with E-state index >= 15 is 0 Å². The van der Waals surface area contributed by atoms with Gasteiger partial charge in [0.05, 0.1) is 11.9 Å². The molecule has 0 bridgehead atoms. The molecule has 0 aromatic carbocycles. The van der Waals surface area contributed by atoms with Crippen LogP contribution >= 0.6 is 0 Å². The third-order valence-corrected chi connectivity index (χ3v) is 4.46. The third kappa shape index (κ3) is 2.16. The van der Waals surface area contributed by atoms with Crippen LogP contribution in [0.15, 0.2) is 6.20 Å². The molecule has 2 aromatic heterocycles. The first-order valence-corrected chi connectivity index (χ1v) is 7.77. The van der Waals surface area contributed by atoms with E-state index in [9.17, 15) is 4.39 Å². The summed E-state index contributed by atoms with van der Waals surface area (Å²) in [6.07, 6.45) is 4.79. The average Bonchev–Trinajstić information content (AvgIpc) is 3.13. The predicted molar refractivity (Wildman–Crippen MR) is 80.8 cm³/mol. The summed E-state index contributed by atoms with van der Waals surface area (Å²) in [6.45, 7) is 3.35. The van der Waals surface area contributed by atoms with E-state index < -0.39 is 5.82 Å². The van der Waals surface area contributed by atoms with Crippen LogP contribution in [0.5, 0.6) is 0 Å². The normalized spacial score (nSPS) is 17.8. The minimum atomic E-state index is -0.409. The number of aryl methyl sites for hydroxylation is 1. The van der Waals surface area contributed by atoms with Gasteiger partial charge in [-0.15, -0.1) is 0 Å². The first-order valence-electron chi connectivity index (χ1n) is 7.77. The maximum Gasteiger partial charge on any atom is 0.226 e. The molecule has 0 unspecified atom stereocenters. The Bertz CT molecular complexity index is 704. The van der Waals surface area contributed by atoms with E-state index in [1.165, 1.54) is 12.6 Å². The number of fused-ring (bicyclic) bond motifs is 1. The Labute approximate surface area is 128 Å². The maximum atomic E-state index is 14.3. The SMILES string of the molecule is Cn1nc(-c2nc(N3CCCCC3)ncc2F)c2c1CNC2. The van der Waals surface area contributed by atoms with Gasteiger partial charge >= 0.3 is 0 Å². The lowest BCUT2D eigenvalue weighted by Gasteiger charge is -2.26. The molecule has 22 heavy (non-hydrogen) atoms. The van der Waals surface area contributed by atoms with E-state index in [1.54, 1.807) is 0 Å². The van der Waals surface area contributed by atoms with Gasteiger partial charge in [0.25, 0.3) is 0 Å². The minimum absolute atomic E-state index is 0.316. The monoisotopic (exact) mass is 302 g/mol. The molecule has 0 radical (unpaired) electrons. The lowest BCUT2D eigenvalue weighted by Crippen LogP contribution is -2.31. The number of anilines is 1.